The van der Waals surface area contributed by atoms with Crippen molar-refractivity contribution in [1.82, 2.24) is 9.88 Å². The molecule has 5 heteroatoms. The van der Waals surface area contributed by atoms with Crippen LogP contribution in [0.25, 0.3) is 10.9 Å². The molecule has 3 aromatic rings. The van der Waals surface area contributed by atoms with Crippen molar-refractivity contribution in [1.29, 1.82) is 0 Å². The fourth-order valence-corrected chi connectivity index (χ4v) is 4.09. The van der Waals surface area contributed by atoms with Gasteiger partial charge in [0.2, 0.25) is 0 Å². The van der Waals surface area contributed by atoms with E-state index in [2.05, 4.69) is 11.1 Å². The third-order valence-corrected chi connectivity index (χ3v) is 5.43. The number of benzene rings is 2. The van der Waals surface area contributed by atoms with Gasteiger partial charge in [-0.2, -0.15) is 0 Å². The second kappa shape index (κ2) is 6.65. The standard InChI is InChI=1S/C22H22N2O3/c25-22(18-13-15-5-1-2-6-17(15)23-18)24-10-3-7-19(24)16-8-9-20-21(14-16)27-12-4-11-26-20/h1-2,5-6,8-9,13-14,19,23H,3-4,7,10-12H2/t19-/m1/s1. The number of nitrogens with zero attached hydrogens (tertiary/aromatic N) is 1. The number of aromatic nitrogens is 1. The van der Waals surface area contributed by atoms with E-state index < -0.39 is 0 Å². The highest BCUT2D eigenvalue weighted by molar-refractivity contribution is 5.98. The number of carbonyl (C=O) groups is 1. The number of para-hydroxylation sites is 1. The summed E-state index contributed by atoms with van der Waals surface area (Å²) in [5.74, 6) is 1.64. The lowest BCUT2D eigenvalue weighted by Crippen LogP contribution is -2.30. The Balaban J connectivity index is 1.44. The molecule has 27 heavy (non-hydrogen) atoms. The van der Waals surface area contributed by atoms with Crippen molar-refractivity contribution in [2.45, 2.75) is 25.3 Å². The minimum Gasteiger partial charge on any atom is -0.490 e. The first-order chi connectivity index (χ1) is 13.3. The van der Waals surface area contributed by atoms with E-state index in [0.29, 0.717) is 18.9 Å². The molecule has 1 fully saturated rings. The van der Waals surface area contributed by atoms with Crippen molar-refractivity contribution >= 4 is 16.8 Å². The van der Waals surface area contributed by atoms with Gasteiger partial charge < -0.3 is 19.4 Å². The molecule has 1 saturated heterocycles. The molecule has 0 bridgehead atoms. The lowest BCUT2D eigenvalue weighted by atomic mass is 10.0. The fourth-order valence-electron chi connectivity index (χ4n) is 4.09. The van der Waals surface area contributed by atoms with Crippen LogP contribution in [-0.4, -0.2) is 35.5 Å². The highest BCUT2D eigenvalue weighted by Crippen LogP contribution is 2.38. The Bertz CT molecular complexity index is 961. The van der Waals surface area contributed by atoms with E-state index in [0.717, 1.165) is 53.8 Å². The predicted octanol–water partition coefficient (Wildman–Crippen LogP) is 4.31. The average molecular weight is 362 g/mol. The van der Waals surface area contributed by atoms with Crippen LogP contribution in [-0.2, 0) is 0 Å². The van der Waals surface area contributed by atoms with Gasteiger partial charge in [0.15, 0.2) is 11.5 Å². The van der Waals surface area contributed by atoms with Crippen LogP contribution in [0, 0.1) is 0 Å². The molecule has 5 nitrogen and oxygen atoms in total. The highest BCUT2D eigenvalue weighted by Gasteiger charge is 2.32. The quantitative estimate of drug-likeness (QED) is 0.739. The first-order valence-corrected chi connectivity index (χ1v) is 9.58. The Labute approximate surface area is 157 Å². The van der Waals surface area contributed by atoms with Gasteiger partial charge in [0.1, 0.15) is 5.69 Å². The normalized spacial score (nSPS) is 19.3. The van der Waals surface area contributed by atoms with Gasteiger partial charge in [0.25, 0.3) is 5.91 Å². The summed E-state index contributed by atoms with van der Waals surface area (Å²) < 4.78 is 11.6. The molecule has 2 aromatic carbocycles. The number of hydrogen-bond acceptors (Lipinski definition) is 3. The molecule has 1 atom stereocenters. The Morgan fingerprint density at radius 1 is 1.00 bits per heavy atom. The third kappa shape index (κ3) is 2.93. The topological polar surface area (TPSA) is 54.6 Å². The zero-order chi connectivity index (χ0) is 18.2. The molecule has 0 unspecified atom stereocenters. The zero-order valence-electron chi connectivity index (χ0n) is 15.1. The highest BCUT2D eigenvalue weighted by atomic mass is 16.5. The summed E-state index contributed by atoms with van der Waals surface area (Å²) in [7, 11) is 0. The Kier molecular flexibility index (Phi) is 4.00. The summed E-state index contributed by atoms with van der Waals surface area (Å²) in [6.45, 7) is 2.12. The number of ether oxygens (including phenoxy) is 2. The van der Waals surface area contributed by atoms with Crippen molar-refractivity contribution in [3.63, 3.8) is 0 Å². The number of hydrogen-bond donors (Lipinski definition) is 1. The van der Waals surface area contributed by atoms with Crippen molar-refractivity contribution in [2.75, 3.05) is 19.8 Å². The van der Waals surface area contributed by atoms with Gasteiger partial charge in [0, 0.05) is 23.9 Å². The van der Waals surface area contributed by atoms with Crippen LogP contribution in [0.2, 0.25) is 0 Å². The molecule has 138 valence electrons. The second-order valence-corrected chi connectivity index (χ2v) is 7.18. The molecule has 3 heterocycles. The van der Waals surface area contributed by atoms with Gasteiger partial charge in [-0.25, -0.2) is 0 Å². The van der Waals surface area contributed by atoms with E-state index in [9.17, 15) is 4.79 Å². The van der Waals surface area contributed by atoms with Gasteiger partial charge >= 0.3 is 0 Å². The van der Waals surface area contributed by atoms with E-state index in [4.69, 9.17) is 9.47 Å². The van der Waals surface area contributed by atoms with Crippen molar-refractivity contribution < 1.29 is 14.3 Å². The van der Waals surface area contributed by atoms with Crippen molar-refractivity contribution in [3.05, 3.63) is 59.8 Å². The van der Waals surface area contributed by atoms with Gasteiger partial charge in [0.05, 0.1) is 19.3 Å². The first kappa shape index (κ1) is 16.2. The number of fused-ring (bicyclic) bond motifs is 2. The second-order valence-electron chi connectivity index (χ2n) is 7.18. The largest absolute Gasteiger partial charge is 0.490 e. The van der Waals surface area contributed by atoms with Crippen LogP contribution in [0.5, 0.6) is 11.5 Å². The lowest BCUT2D eigenvalue weighted by molar-refractivity contribution is 0.0730. The van der Waals surface area contributed by atoms with E-state index >= 15 is 0 Å². The number of aromatic amines is 1. The summed E-state index contributed by atoms with van der Waals surface area (Å²) in [6, 6.07) is 16.1. The Morgan fingerprint density at radius 2 is 1.85 bits per heavy atom. The third-order valence-electron chi connectivity index (χ3n) is 5.43. The molecule has 1 N–H and O–H groups in total. The molecule has 5 rings (SSSR count). The maximum Gasteiger partial charge on any atom is 0.270 e. The molecule has 1 amide bonds. The van der Waals surface area contributed by atoms with E-state index in [1.165, 1.54) is 0 Å². The van der Waals surface area contributed by atoms with Crippen LogP contribution in [0.3, 0.4) is 0 Å². The van der Waals surface area contributed by atoms with Crippen molar-refractivity contribution in [2.24, 2.45) is 0 Å². The minimum absolute atomic E-state index is 0.0563. The van der Waals surface area contributed by atoms with Crippen LogP contribution in [0.1, 0.15) is 41.4 Å². The van der Waals surface area contributed by atoms with Gasteiger partial charge in [-0.05, 0) is 42.7 Å². The molecule has 0 spiro atoms. The summed E-state index contributed by atoms with van der Waals surface area (Å²) in [4.78, 5) is 18.4. The smallest absolute Gasteiger partial charge is 0.270 e. The van der Waals surface area contributed by atoms with Crippen LogP contribution >= 0.6 is 0 Å². The molecule has 2 aliphatic rings. The summed E-state index contributed by atoms with van der Waals surface area (Å²) in [5.41, 5.74) is 2.76. The van der Waals surface area contributed by atoms with Gasteiger partial charge in [-0.15, -0.1) is 0 Å². The number of H-pyrrole nitrogens is 1. The molecule has 2 aliphatic heterocycles. The minimum atomic E-state index is 0.0563. The zero-order valence-corrected chi connectivity index (χ0v) is 15.1. The molecular weight excluding hydrogens is 340 g/mol. The molecule has 0 aliphatic carbocycles. The van der Waals surface area contributed by atoms with Gasteiger partial charge in [-0.3, -0.25) is 4.79 Å². The van der Waals surface area contributed by atoms with Crippen LogP contribution in [0.15, 0.2) is 48.5 Å². The fraction of sp³-hybridized carbons (Fsp3) is 0.318. The Morgan fingerprint density at radius 3 is 2.74 bits per heavy atom. The van der Waals surface area contributed by atoms with E-state index in [1.807, 2.05) is 47.4 Å². The number of rotatable bonds is 2. The summed E-state index contributed by atoms with van der Waals surface area (Å²) in [5, 5.41) is 1.06. The summed E-state index contributed by atoms with van der Waals surface area (Å²) in [6.07, 6.45) is 2.86. The monoisotopic (exact) mass is 362 g/mol. The lowest BCUT2D eigenvalue weighted by Gasteiger charge is -2.25. The molecule has 0 radical (unpaired) electrons. The number of carbonyl (C=O) groups excluding carboxylic acids is 1. The van der Waals surface area contributed by atoms with Crippen LogP contribution in [0.4, 0.5) is 0 Å². The maximum atomic E-state index is 13.2. The number of likely N-dealkylation sites (tertiary alicyclic amines) is 1. The SMILES string of the molecule is O=C(c1cc2ccccc2[nH]1)N1CCC[C@@H]1c1ccc2c(c1)OCCCO2. The van der Waals surface area contributed by atoms with Crippen LogP contribution < -0.4 is 9.47 Å². The molecule has 0 saturated carbocycles. The number of nitrogens with one attached hydrogen (secondary N) is 1. The maximum absolute atomic E-state index is 13.2. The van der Waals surface area contributed by atoms with E-state index in [-0.39, 0.29) is 11.9 Å². The number of amides is 1. The molecular formula is C22H22N2O3. The first-order valence-electron chi connectivity index (χ1n) is 9.58. The summed E-state index contributed by atoms with van der Waals surface area (Å²) >= 11 is 0. The van der Waals surface area contributed by atoms with E-state index in [1.54, 1.807) is 0 Å². The average Bonchev–Trinajstić information content (AvgIpc) is 3.29. The Hall–Kier alpha value is -2.95. The molecule has 1 aromatic heterocycles. The van der Waals surface area contributed by atoms with Crippen molar-refractivity contribution in [3.8, 4) is 11.5 Å². The van der Waals surface area contributed by atoms with Gasteiger partial charge in [-0.1, -0.05) is 24.3 Å². The predicted molar refractivity (Wildman–Crippen MR) is 103 cm³/mol.